The molecular formula is C34H37N5O2. The van der Waals surface area contributed by atoms with Crippen LogP contribution in [0.5, 0.6) is 0 Å². The van der Waals surface area contributed by atoms with Gasteiger partial charge >= 0.3 is 0 Å². The third kappa shape index (κ3) is 4.09. The van der Waals surface area contributed by atoms with E-state index in [1.807, 2.05) is 19.1 Å². The number of hydrogen-bond acceptors (Lipinski definition) is 4. The van der Waals surface area contributed by atoms with Crippen molar-refractivity contribution in [3.63, 3.8) is 0 Å². The van der Waals surface area contributed by atoms with Crippen LogP contribution in [0.1, 0.15) is 113 Å². The number of aromatic nitrogens is 4. The summed E-state index contributed by atoms with van der Waals surface area (Å²) in [7, 11) is 0. The van der Waals surface area contributed by atoms with E-state index in [0.29, 0.717) is 29.6 Å². The van der Waals surface area contributed by atoms with Gasteiger partial charge in [-0.05, 0) is 80.5 Å². The van der Waals surface area contributed by atoms with Gasteiger partial charge in [0.25, 0.3) is 11.8 Å². The highest BCUT2D eigenvalue weighted by atomic mass is 16.2. The van der Waals surface area contributed by atoms with Crippen LogP contribution in [-0.4, -0.2) is 43.2 Å². The molecule has 3 aliphatic rings. The van der Waals surface area contributed by atoms with Crippen molar-refractivity contribution in [1.29, 1.82) is 0 Å². The maximum Gasteiger partial charge on any atom is 0.264 e. The summed E-state index contributed by atoms with van der Waals surface area (Å²) in [5.74, 6) is -0.389. The number of hydrogen-bond donors (Lipinski definition) is 2. The summed E-state index contributed by atoms with van der Waals surface area (Å²) in [6.07, 6.45) is 4.98. The molecule has 0 aromatic carbocycles. The number of nitrogens with zero attached hydrogens (tertiary/aromatic N) is 3. The van der Waals surface area contributed by atoms with E-state index in [9.17, 15) is 9.59 Å². The fourth-order valence-electron chi connectivity index (χ4n) is 6.44. The molecule has 3 aromatic rings. The molecule has 0 radical (unpaired) electrons. The maximum absolute atomic E-state index is 14.0. The third-order valence-corrected chi connectivity index (χ3v) is 8.92. The van der Waals surface area contributed by atoms with Crippen LogP contribution in [0.15, 0.2) is 24.8 Å². The first kappa shape index (κ1) is 26.9. The molecule has 7 nitrogen and oxygen atoms in total. The van der Waals surface area contributed by atoms with Gasteiger partial charge in [-0.2, -0.15) is 0 Å². The summed E-state index contributed by atoms with van der Waals surface area (Å²) in [6.45, 7) is 17.0. The first-order valence-electron chi connectivity index (χ1n) is 14.6. The van der Waals surface area contributed by atoms with Crippen molar-refractivity contribution >= 4 is 51.1 Å². The van der Waals surface area contributed by atoms with Gasteiger partial charge in [-0.15, -0.1) is 0 Å². The van der Waals surface area contributed by atoms with Crippen LogP contribution in [0.2, 0.25) is 0 Å². The second-order valence-electron chi connectivity index (χ2n) is 11.5. The van der Waals surface area contributed by atoms with E-state index in [-0.39, 0.29) is 17.7 Å². The molecule has 2 N–H and O–H groups in total. The number of fused-ring (bicyclic) bond motifs is 8. The zero-order valence-electron chi connectivity index (χ0n) is 24.8. The van der Waals surface area contributed by atoms with E-state index < -0.39 is 0 Å². The lowest BCUT2D eigenvalue weighted by atomic mass is 9.97. The van der Waals surface area contributed by atoms with Crippen molar-refractivity contribution in [2.24, 2.45) is 0 Å². The van der Waals surface area contributed by atoms with Gasteiger partial charge in [0.05, 0.1) is 33.7 Å². The van der Waals surface area contributed by atoms with E-state index in [2.05, 4.69) is 63.3 Å². The lowest BCUT2D eigenvalue weighted by Gasteiger charge is -2.25. The number of imide groups is 1. The van der Waals surface area contributed by atoms with E-state index in [1.54, 1.807) is 0 Å². The molecule has 3 aromatic heterocycles. The molecule has 0 unspecified atom stereocenters. The van der Waals surface area contributed by atoms with Crippen LogP contribution >= 0.6 is 0 Å². The normalized spacial score (nSPS) is 16.6. The quantitative estimate of drug-likeness (QED) is 0.321. The smallest absolute Gasteiger partial charge is 0.264 e. The Balaban J connectivity index is 1.80. The lowest BCUT2D eigenvalue weighted by Crippen LogP contribution is -2.41. The van der Waals surface area contributed by atoms with Crippen LogP contribution < -0.4 is 0 Å². The summed E-state index contributed by atoms with van der Waals surface area (Å²) in [5.41, 5.74) is 13.0. The predicted octanol–water partition coefficient (Wildman–Crippen LogP) is 7.66. The van der Waals surface area contributed by atoms with E-state index in [4.69, 9.17) is 9.97 Å². The number of unbranched alkanes of at least 4 members (excludes halogenated alkanes) is 1. The van der Waals surface area contributed by atoms with Crippen LogP contribution in [0.3, 0.4) is 0 Å². The molecule has 210 valence electrons. The molecule has 6 rings (SSSR count). The Kier molecular flexibility index (Phi) is 6.56. The average molecular weight is 548 g/mol. The fraction of sp³-hybridized carbons (Fsp3) is 0.353. The summed E-state index contributed by atoms with van der Waals surface area (Å²) in [5, 5.41) is 0. The summed E-state index contributed by atoms with van der Waals surface area (Å²) < 4.78 is 0. The van der Waals surface area contributed by atoms with Gasteiger partial charge in [0, 0.05) is 40.3 Å². The molecule has 7 heteroatoms. The highest BCUT2D eigenvalue weighted by Crippen LogP contribution is 2.37. The van der Waals surface area contributed by atoms with Gasteiger partial charge in [0.15, 0.2) is 0 Å². The van der Waals surface area contributed by atoms with Crippen LogP contribution in [-0.2, 0) is 6.42 Å². The van der Waals surface area contributed by atoms with Gasteiger partial charge in [-0.3, -0.25) is 19.5 Å². The number of nitrogens with one attached hydrogen (secondary N) is 2. The van der Waals surface area contributed by atoms with Crippen molar-refractivity contribution in [2.75, 3.05) is 6.54 Å². The van der Waals surface area contributed by atoms with Gasteiger partial charge in [-0.25, -0.2) is 4.98 Å². The van der Waals surface area contributed by atoms with E-state index >= 15 is 0 Å². The lowest BCUT2D eigenvalue weighted by molar-refractivity contribution is 0.0607. The minimum absolute atomic E-state index is 0.115. The molecule has 0 saturated carbocycles. The zero-order valence-corrected chi connectivity index (χ0v) is 24.8. The minimum Gasteiger partial charge on any atom is -0.355 e. The molecule has 1 atom stereocenters. The van der Waals surface area contributed by atoms with E-state index in [0.717, 1.165) is 86.4 Å². The van der Waals surface area contributed by atoms with Gasteiger partial charge in [0.2, 0.25) is 0 Å². The summed E-state index contributed by atoms with van der Waals surface area (Å²) in [6, 6.07) is 6.22. The molecule has 0 spiro atoms. The number of H-pyrrole nitrogens is 2. The van der Waals surface area contributed by atoms with Crippen molar-refractivity contribution in [3.8, 4) is 0 Å². The summed E-state index contributed by atoms with van der Waals surface area (Å²) in [4.78, 5) is 46.4. The average Bonchev–Trinajstić information content (AvgIpc) is 3.63. The second-order valence-corrected chi connectivity index (χ2v) is 11.5. The molecular weight excluding hydrogens is 510 g/mol. The number of aryl methyl sites for hydroxylation is 2. The molecule has 2 amide bonds. The molecule has 0 saturated heterocycles. The number of rotatable bonds is 5. The maximum atomic E-state index is 14.0. The number of carbonyl (C=O) groups is 2. The zero-order chi connectivity index (χ0) is 29.2. The van der Waals surface area contributed by atoms with Crippen molar-refractivity contribution in [2.45, 2.75) is 73.1 Å². The van der Waals surface area contributed by atoms with E-state index in [1.165, 1.54) is 4.90 Å². The Bertz CT molecular complexity index is 1850. The fourth-order valence-corrected chi connectivity index (χ4v) is 6.44. The highest BCUT2D eigenvalue weighted by molar-refractivity contribution is 6.23. The number of amides is 2. The monoisotopic (exact) mass is 547 g/mol. The predicted molar refractivity (Wildman–Crippen MR) is 166 cm³/mol. The van der Waals surface area contributed by atoms with Crippen molar-refractivity contribution in [3.05, 3.63) is 75.4 Å². The Morgan fingerprint density at radius 2 is 1.66 bits per heavy atom. The third-order valence-electron chi connectivity index (χ3n) is 8.92. The SMILES string of the molecule is C=Cc1c(C)c2cc3nc(c4c5[nH]c(cc6nc(cc1[nH]2)C(C)=C6CC)c(C)c5C(=O)N(CCCC)C4=O)C[C@@H]3C. The Labute approximate surface area is 240 Å². The van der Waals surface area contributed by atoms with Crippen molar-refractivity contribution in [1.82, 2.24) is 24.8 Å². The van der Waals surface area contributed by atoms with Crippen LogP contribution in [0.4, 0.5) is 0 Å². The topological polar surface area (TPSA) is 94.7 Å². The van der Waals surface area contributed by atoms with Gasteiger partial charge in [0.1, 0.15) is 0 Å². The number of aromatic amines is 2. The molecule has 3 aliphatic heterocycles. The molecule has 0 fully saturated rings. The first-order valence-corrected chi connectivity index (χ1v) is 14.6. The molecule has 6 heterocycles. The highest BCUT2D eigenvalue weighted by Gasteiger charge is 2.37. The second kappa shape index (κ2) is 9.98. The number of allylic oxidation sites excluding steroid dienone is 2. The Morgan fingerprint density at radius 1 is 0.951 bits per heavy atom. The molecule has 8 bridgehead atoms. The van der Waals surface area contributed by atoms with Crippen LogP contribution in [0, 0.1) is 13.8 Å². The Hall–Kier alpha value is -4.26. The molecule has 41 heavy (non-hydrogen) atoms. The first-order chi connectivity index (χ1) is 19.7. The van der Waals surface area contributed by atoms with Gasteiger partial charge in [-0.1, -0.05) is 39.8 Å². The van der Waals surface area contributed by atoms with Gasteiger partial charge < -0.3 is 9.97 Å². The van der Waals surface area contributed by atoms with Crippen LogP contribution in [0.25, 0.3) is 39.3 Å². The van der Waals surface area contributed by atoms with Crippen molar-refractivity contribution < 1.29 is 9.59 Å². The summed E-state index contributed by atoms with van der Waals surface area (Å²) >= 11 is 0. The number of carbonyl (C=O) groups excluding carboxylic acids is 2. The Morgan fingerprint density at radius 3 is 2.37 bits per heavy atom. The standard InChI is InChI=1S/C34H37N5O2/c1-8-11-12-39-33(40)30-20(7)26-16-28-22(10-3)19(6)25(37-28)15-27-21(9-2)18(5)24(36-27)14-23-17(4)13-29(35-23)31(34(39)41)32(30)38-26/h9,14-17,36,38H,2,8,10-13H2,1,3-7H3/t17-/m0/s1. The minimum atomic E-state index is -0.266. The largest absolute Gasteiger partial charge is 0.355 e. The molecule has 0 aliphatic carbocycles.